The lowest BCUT2D eigenvalue weighted by Gasteiger charge is -2.34. The first-order valence-electron chi connectivity index (χ1n) is 17.7. The SMILES string of the molecule is CCCCCCCCN(CCCCCCCC)CC(C)N(CCCCCCCC)CCCCCCCC. The third-order valence-electron chi connectivity index (χ3n) is 8.40. The number of hydrogen-bond donors (Lipinski definition) is 0. The molecular weight excluding hydrogens is 448 g/mol. The van der Waals surface area contributed by atoms with Gasteiger partial charge in [-0.3, -0.25) is 4.90 Å². The van der Waals surface area contributed by atoms with Crippen molar-refractivity contribution in [2.75, 3.05) is 32.7 Å². The molecule has 0 N–H and O–H groups in total. The third kappa shape index (κ3) is 25.9. The lowest BCUT2D eigenvalue weighted by molar-refractivity contribution is 0.140. The summed E-state index contributed by atoms with van der Waals surface area (Å²) in [6.07, 6.45) is 34.0. The maximum absolute atomic E-state index is 2.88. The Morgan fingerprint density at radius 1 is 0.351 bits per heavy atom. The largest absolute Gasteiger partial charge is 0.302 e. The van der Waals surface area contributed by atoms with Crippen molar-refractivity contribution < 1.29 is 0 Å². The van der Waals surface area contributed by atoms with E-state index >= 15 is 0 Å². The molecule has 224 valence electrons. The molecule has 0 aromatic carbocycles. The van der Waals surface area contributed by atoms with Gasteiger partial charge in [0.05, 0.1) is 0 Å². The predicted octanol–water partition coefficient (Wildman–Crippen LogP) is 11.4. The highest BCUT2D eigenvalue weighted by Crippen LogP contribution is 2.14. The molecule has 0 rings (SSSR count). The normalized spacial score (nSPS) is 12.7. The van der Waals surface area contributed by atoms with E-state index in [1.165, 1.54) is 187 Å². The summed E-state index contributed by atoms with van der Waals surface area (Å²) in [4.78, 5) is 5.74. The maximum atomic E-state index is 2.88. The summed E-state index contributed by atoms with van der Waals surface area (Å²) in [5, 5.41) is 0. The Bertz CT molecular complexity index is 378. The lowest BCUT2D eigenvalue weighted by atomic mass is 10.1. The van der Waals surface area contributed by atoms with Gasteiger partial charge in [0.1, 0.15) is 0 Å². The Balaban J connectivity index is 4.71. The molecule has 0 aliphatic carbocycles. The van der Waals surface area contributed by atoms with Gasteiger partial charge < -0.3 is 4.90 Å². The molecule has 1 unspecified atom stereocenters. The second-order valence-corrected chi connectivity index (χ2v) is 12.3. The number of hydrogen-bond acceptors (Lipinski definition) is 2. The monoisotopic (exact) mass is 523 g/mol. The van der Waals surface area contributed by atoms with E-state index in [9.17, 15) is 0 Å². The summed E-state index contributed by atoms with van der Waals surface area (Å²) in [6.45, 7) is 18.4. The Morgan fingerprint density at radius 3 is 0.946 bits per heavy atom. The van der Waals surface area contributed by atoms with Crippen molar-refractivity contribution in [3.8, 4) is 0 Å². The summed E-state index contributed by atoms with van der Waals surface area (Å²) in [6, 6.07) is 0.700. The van der Waals surface area contributed by atoms with E-state index in [-0.39, 0.29) is 0 Å². The van der Waals surface area contributed by atoms with E-state index < -0.39 is 0 Å². The molecule has 0 saturated heterocycles. The van der Waals surface area contributed by atoms with Gasteiger partial charge in [0, 0.05) is 12.6 Å². The fraction of sp³-hybridized carbons (Fsp3) is 1.00. The molecule has 0 heterocycles. The van der Waals surface area contributed by atoms with E-state index in [0.717, 1.165) is 0 Å². The summed E-state index contributed by atoms with van der Waals surface area (Å²) in [7, 11) is 0. The van der Waals surface area contributed by atoms with Crippen LogP contribution in [0.4, 0.5) is 0 Å². The van der Waals surface area contributed by atoms with Gasteiger partial charge in [0.2, 0.25) is 0 Å². The smallest absolute Gasteiger partial charge is 0.0194 e. The summed E-state index contributed by atoms with van der Waals surface area (Å²) < 4.78 is 0. The average molecular weight is 523 g/mol. The molecular formula is C35H74N2. The first kappa shape index (κ1) is 36.9. The second kappa shape index (κ2) is 30.5. The quantitative estimate of drug-likeness (QED) is 0.0835. The van der Waals surface area contributed by atoms with Crippen LogP contribution in [0.3, 0.4) is 0 Å². The van der Waals surface area contributed by atoms with Gasteiger partial charge in [-0.25, -0.2) is 0 Å². The minimum atomic E-state index is 0.700. The van der Waals surface area contributed by atoms with Crippen LogP contribution in [-0.2, 0) is 0 Å². The number of nitrogens with zero attached hydrogens (tertiary/aromatic N) is 2. The fourth-order valence-electron chi connectivity index (χ4n) is 5.76. The second-order valence-electron chi connectivity index (χ2n) is 12.3. The van der Waals surface area contributed by atoms with Gasteiger partial charge in [0.15, 0.2) is 0 Å². The molecule has 0 amide bonds. The predicted molar refractivity (Wildman–Crippen MR) is 171 cm³/mol. The number of rotatable bonds is 31. The van der Waals surface area contributed by atoms with Gasteiger partial charge in [0.25, 0.3) is 0 Å². The molecule has 0 radical (unpaired) electrons. The minimum Gasteiger partial charge on any atom is -0.302 e. The minimum absolute atomic E-state index is 0.700. The summed E-state index contributed by atoms with van der Waals surface area (Å²) in [5.74, 6) is 0. The molecule has 0 aromatic rings. The van der Waals surface area contributed by atoms with Crippen LogP contribution >= 0.6 is 0 Å². The molecule has 0 bridgehead atoms. The van der Waals surface area contributed by atoms with Gasteiger partial charge in [-0.05, 0) is 58.8 Å². The molecule has 1 atom stereocenters. The Labute approximate surface area is 237 Å². The van der Waals surface area contributed by atoms with Crippen LogP contribution in [0.2, 0.25) is 0 Å². The van der Waals surface area contributed by atoms with Crippen molar-refractivity contribution >= 4 is 0 Å². The van der Waals surface area contributed by atoms with Crippen molar-refractivity contribution in [3.63, 3.8) is 0 Å². The molecule has 2 heteroatoms. The van der Waals surface area contributed by atoms with E-state index in [4.69, 9.17) is 0 Å². The van der Waals surface area contributed by atoms with Gasteiger partial charge in [-0.15, -0.1) is 0 Å². The van der Waals surface area contributed by atoms with Crippen LogP contribution in [0, 0.1) is 0 Å². The zero-order chi connectivity index (χ0) is 27.2. The van der Waals surface area contributed by atoms with Crippen LogP contribution in [0.1, 0.15) is 189 Å². The van der Waals surface area contributed by atoms with Crippen LogP contribution in [0.15, 0.2) is 0 Å². The van der Waals surface area contributed by atoms with Crippen molar-refractivity contribution in [1.82, 2.24) is 9.80 Å². The van der Waals surface area contributed by atoms with Crippen molar-refractivity contribution in [3.05, 3.63) is 0 Å². The molecule has 0 fully saturated rings. The van der Waals surface area contributed by atoms with Crippen molar-refractivity contribution in [2.24, 2.45) is 0 Å². The molecule has 0 aromatic heterocycles. The number of unbranched alkanes of at least 4 members (excludes halogenated alkanes) is 20. The van der Waals surface area contributed by atoms with Crippen LogP contribution in [0.25, 0.3) is 0 Å². The fourth-order valence-corrected chi connectivity index (χ4v) is 5.76. The Hall–Kier alpha value is -0.0800. The topological polar surface area (TPSA) is 6.48 Å². The van der Waals surface area contributed by atoms with E-state index in [1.807, 2.05) is 0 Å². The van der Waals surface area contributed by atoms with Gasteiger partial charge >= 0.3 is 0 Å². The zero-order valence-corrected chi connectivity index (χ0v) is 27.0. The first-order chi connectivity index (χ1) is 18.2. The Kier molecular flexibility index (Phi) is 30.4. The maximum Gasteiger partial charge on any atom is 0.0194 e. The lowest BCUT2D eigenvalue weighted by Crippen LogP contribution is -2.44. The van der Waals surface area contributed by atoms with Gasteiger partial charge in [-0.2, -0.15) is 0 Å². The molecule has 0 aliphatic heterocycles. The molecule has 0 aliphatic rings. The highest BCUT2D eigenvalue weighted by atomic mass is 15.2. The van der Waals surface area contributed by atoms with E-state index in [2.05, 4.69) is 44.4 Å². The van der Waals surface area contributed by atoms with Crippen LogP contribution in [0.5, 0.6) is 0 Å². The molecule has 37 heavy (non-hydrogen) atoms. The van der Waals surface area contributed by atoms with Crippen LogP contribution in [-0.4, -0.2) is 48.6 Å². The highest BCUT2D eigenvalue weighted by molar-refractivity contribution is 4.73. The zero-order valence-electron chi connectivity index (χ0n) is 27.0. The van der Waals surface area contributed by atoms with E-state index in [0.29, 0.717) is 6.04 Å². The third-order valence-corrected chi connectivity index (χ3v) is 8.40. The summed E-state index contributed by atoms with van der Waals surface area (Å²) in [5.41, 5.74) is 0. The molecule has 0 spiro atoms. The Morgan fingerprint density at radius 2 is 0.622 bits per heavy atom. The standard InChI is InChI=1S/C35H74N2/c1-6-10-14-18-22-26-30-36(31-27-23-19-15-11-7-2)34-35(5)37(32-28-24-20-16-12-8-3)33-29-25-21-17-13-9-4/h35H,6-34H2,1-5H3. The average Bonchev–Trinajstić information content (AvgIpc) is 2.90. The van der Waals surface area contributed by atoms with Crippen LogP contribution < -0.4 is 0 Å². The molecule has 0 saturated carbocycles. The summed E-state index contributed by atoms with van der Waals surface area (Å²) >= 11 is 0. The van der Waals surface area contributed by atoms with Gasteiger partial charge in [-0.1, -0.05) is 156 Å². The molecule has 2 nitrogen and oxygen atoms in total. The highest BCUT2D eigenvalue weighted by Gasteiger charge is 2.17. The van der Waals surface area contributed by atoms with Crippen molar-refractivity contribution in [1.29, 1.82) is 0 Å². The van der Waals surface area contributed by atoms with E-state index in [1.54, 1.807) is 0 Å². The van der Waals surface area contributed by atoms with Crippen molar-refractivity contribution in [2.45, 2.75) is 195 Å². The first-order valence-corrected chi connectivity index (χ1v) is 17.7.